The van der Waals surface area contributed by atoms with Crippen molar-refractivity contribution in [3.8, 4) is 5.75 Å². The third kappa shape index (κ3) is 4.50. The van der Waals surface area contributed by atoms with E-state index in [-0.39, 0.29) is 22.9 Å². The van der Waals surface area contributed by atoms with Gasteiger partial charge in [-0.1, -0.05) is 12.1 Å². The topological polar surface area (TPSA) is 110 Å². The van der Waals surface area contributed by atoms with Gasteiger partial charge in [0, 0.05) is 6.54 Å². The Morgan fingerprint density at radius 3 is 2.17 bits per heavy atom. The average Bonchev–Trinajstić information content (AvgIpc) is 2.84. The highest BCUT2D eigenvalue weighted by atomic mass is 32.2. The second kappa shape index (κ2) is 8.01. The lowest BCUT2D eigenvalue weighted by Gasteiger charge is -2.17. The van der Waals surface area contributed by atoms with Crippen molar-refractivity contribution in [2.75, 3.05) is 23.7 Å². The van der Waals surface area contributed by atoms with Gasteiger partial charge in [0.05, 0.1) is 28.9 Å². The number of carbonyl (C=O) groups is 1. The largest absolute Gasteiger partial charge is 0.497 e. The quantitative estimate of drug-likeness (QED) is 0.687. The van der Waals surface area contributed by atoms with Gasteiger partial charge in [-0.2, -0.15) is 0 Å². The summed E-state index contributed by atoms with van der Waals surface area (Å²) in [7, 11) is -5.99. The van der Waals surface area contributed by atoms with Crippen molar-refractivity contribution in [2.24, 2.45) is 5.41 Å². The third-order valence-corrected chi connectivity index (χ3v) is 8.33. The van der Waals surface area contributed by atoms with Gasteiger partial charge >= 0.3 is 0 Å². The number of nitrogens with zero attached hydrogens (tertiary/aromatic N) is 1. The van der Waals surface area contributed by atoms with Gasteiger partial charge in [0.2, 0.25) is 26.0 Å². The van der Waals surface area contributed by atoms with E-state index in [2.05, 4.69) is 4.72 Å². The van der Waals surface area contributed by atoms with Gasteiger partial charge in [0.25, 0.3) is 0 Å². The summed E-state index contributed by atoms with van der Waals surface area (Å²) >= 11 is 0. The van der Waals surface area contributed by atoms with Crippen molar-refractivity contribution in [3.05, 3.63) is 54.1 Å². The number of nitrogens with one attached hydrogen (secondary N) is 1. The van der Waals surface area contributed by atoms with Gasteiger partial charge in [-0.25, -0.2) is 25.9 Å². The molecule has 0 radical (unpaired) electrons. The number of rotatable bonds is 7. The molecule has 10 heteroatoms. The Balaban J connectivity index is 1.69. The molecule has 1 fully saturated rings. The Morgan fingerprint density at radius 1 is 1.07 bits per heavy atom. The predicted molar refractivity (Wildman–Crippen MR) is 113 cm³/mol. The summed E-state index contributed by atoms with van der Waals surface area (Å²) in [4.78, 5) is 12.4. The molecular weight excluding hydrogens is 428 g/mol. The molecule has 1 saturated heterocycles. The first kappa shape index (κ1) is 22.3. The van der Waals surface area contributed by atoms with Gasteiger partial charge in [0.1, 0.15) is 5.75 Å². The molecule has 0 unspecified atom stereocenters. The molecule has 1 amide bonds. The third-order valence-electron chi connectivity index (χ3n) is 4.83. The van der Waals surface area contributed by atoms with Crippen molar-refractivity contribution in [1.82, 2.24) is 4.72 Å². The fraction of sp³-hybridized carbons (Fsp3) is 0.350. The number of sulfonamides is 2. The molecule has 2 aromatic rings. The number of ether oxygens (including phenoxy) is 1. The summed E-state index contributed by atoms with van der Waals surface area (Å²) < 4.78 is 58.1. The minimum atomic E-state index is -3.79. The highest BCUT2D eigenvalue weighted by molar-refractivity contribution is 7.94. The molecule has 1 aliphatic heterocycles. The van der Waals surface area contributed by atoms with Crippen molar-refractivity contribution >= 4 is 31.6 Å². The van der Waals surface area contributed by atoms with E-state index in [1.807, 2.05) is 12.1 Å². The van der Waals surface area contributed by atoms with E-state index in [1.54, 1.807) is 33.1 Å². The molecule has 1 aliphatic rings. The fourth-order valence-corrected chi connectivity index (χ4v) is 6.37. The number of carbonyl (C=O) groups excluding carboxylic acids is 1. The molecule has 0 aromatic heterocycles. The Labute approximate surface area is 177 Å². The Hall–Kier alpha value is -2.43. The van der Waals surface area contributed by atoms with Crippen LogP contribution in [0.5, 0.6) is 5.75 Å². The van der Waals surface area contributed by atoms with E-state index in [9.17, 15) is 21.6 Å². The Bertz CT molecular complexity index is 1140. The normalized spacial score (nSPS) is 17.8. The second-order valence-electron chi connectivity index (χ2n) is 7.70. The predicted octanol–water partition coefficient (Wildman–Crippen LogP) is 1.92. The molecule has 8 nitrogen and oxygen atoms in total. The van der Waals surface area contributed by atoms with Gasteiger partial charge < -0.3 is 4.74 Å². The fourth-order valence-electron chi connectivity index (χ4n) is 3.23. The van der Waals surface area contributed by atoms with E-state index < -0.39 is 31.4 Å². The second-order valence-corrected chi connectivity index (χ2v) is 11.3. The minimum Gasteiger partial charge on any atom is -0.497 e. The minimum absolute atomic E-state index is 0.00992. The molecule has 0 bridgehead atoms. The molecule has 3 rings (SSSR count). The zero-order valence-corrected chi connectivity index (χ0v) is 18.6. The molecule has 0 atom stereocenters. The maximum absolute atomic E-state index is 12.5. The van der Waals surface area contributed by atoms with Gasteiger partial charge in [-0.3, -0.25) is 4.79 Å². The number of hydrogen-bond donors (Lipinski definition) is 1. The van der Waals surface area contributed by atoms with Crippen LogP contribution >= 0.6 is 0 Å². The summed E-state index contributed by atoms with van der Waals surface area (Å²) in [6.07, 6.45) is 0.497. The van der Waals surface area contributed by atoms with E-state index in [4.69, 9.17) is 4.74 Å². The van der Waals surface area contributed by atoms with Gasteiger partial charge in [0.15, 0.2) is 0 Å². The molecule has 1 N–H and O–H groups in total. The SMILES string of the molecule is COc1ccc(CCNS(=O)(=O)c2ccc(N3C(=O)C(C)(C)CS3(=O)=O)cc2)cc1. The van der Waals surface area contributed by atoms with Crippen LogP contribution in [0.15, 0.2) is 53.4 Å². The van der Waals surface area contributed by atoms with Crippen LogP contribution in [0.2, 0.25) is 0 Å². The number of anilines is 1. The first-order valence-electron chi connectivity index (χ1n) is 9.26. The monoisotopic (exact) mass is 452 g/mol. The zero-order valence-electron chi connectivity index (χ0n) is 17.0. The Kier molecular flexibility index (Phi) is 5.94. The summed E-state index contributed by atoms with van der Waals surface area (Å²) in [5, 5.41) is 0. The van der Waals surface area contributed by atoms with Gasteiger partial charge in [-0.15, -0.1) is 0 Å². The molecule has 2 aromatic carbocycles. The van der Waals surface area contributed by atoms with E-state index in [0.29, 0.717) is 6.42 Å². The lowest BCUT2D eigenvalue weighted by molar-refractivity contribution is -0.123. The number of benzene rings is 2. The van der Waals surface area contributed by atoms with E-state index >= 15 is 0 Å². The first-order valence-corrected chi connectivity index (χ1v) is 12.4. The molecular formula is C20H24N2O6S2. The zero-order chi connectivity index (χ0) is 22.2. The van der Waals surface area contributed by atoms with E-state index in [0.717, 1.165) is 15.6 Å². The number of methoxy groups -OCH3 is 1. The van der Waals surface area contributed by atoms with Crippen LogP contribution in [0.25, 0.3) is 0 Å². The molecule has 0 aliphatic carbocycles. The van der Waals surface area contributed by atoms with Crippen molar-refractivity contribution in [1.29, 1.82) is 0 Å². The Morgan fingerprint density at radius 2 is 1.67 bits per heavy atom. The molecule has 162 valence electrons. The maximum Gasteiger partial charge on any atom is 0.247 e. The van der Waals surface area contributed by atoms with Crippen molar-refractivity contribution in [3.63, 3.8) is 0 Å². The van der Waals surface area contributed by atoms with Crippen molar-refractivity contribution < 1.29 is 26.4 Å². The first-order chi connectivity index (χ1) is 14.0. The van der Waals surface area contributed by atoms with E-state index in [1.165, 1.54) is 24.3 Å². The number of hydrogen-bond acceptors (Lipinski definition) is 6. The van der Waals surface area contributed by atoms with Crippen LogP contribution in [-0.2, 0) is 31.3 Å². The van der Waals surface area contributed by atoms with Gasteiger partial charge in [-0.05, 0) is 62.2 Å². The summed E-state index contributed by atoms with van der Waals surface area (Å²) in [6.45, 7) is 3.33. The smallest absolute Gasteiger partial charge is 0.247 e. The lowest BCUT2D eigenvalue weighted by atomic mass is 9.95. The van der Waals surface area contributed by atoms with Crippen LogP contribution in [0.4, 0.5) is 5.69 Å². The maximum atomic E-state index is 12.5. The summed E-state index contributed by atoms with van der Waals surface area (Å²) in [6, 6.07) is 12.6. The number of amides is 1. The highest BCUT2D eigenvalue weighted by Gasteiger charge is 2.49. The molecule has 30 heavy (non-hydrogen) atoms. The average molecular weight is 453 g/mol. The molecule has 1 heterocycles. The van der Waals surface area contributed by atoms with Crippen LogP contribution in [0.3, 0.4) is 0 Å². The molecule has 0 spiro atoms. The van der Waals surface area contributed by atoms with Crippen LogP contribution < -0.4 is 13.8 Å². The highest BCUT2D eigenvalue weighted by Crippen LogP contribution is 2.35. The van der Waals surface area contributed by atoms with Crippen molar-refractivity contribution in [2.45, 2.75) is 25.2 Å². The summed E-state index contributed by atoms with van der Waals surface area (Å²) in [5.74, 6) is -0.0942. The standard InChI is InChI=1S/C20H24N2O6S2/c1-20(2)14-29(24,25)22(19(20)23)16-6-10-18(11-7-16)30(26,27)21-13-12-15-4-8-17(28-3)9-5-15/h4-11,21H,12-14H2,1-3H3. The van der Waals surface area contributed by atoms with Crippen LogP contribution in [0.1, 0.15) is 19.4 Å². The summed E-state index contributed by atoms with van der Waals surface area (Å²) in [5.41, 5.74) is 0.0593. The lowest BCUT2D eigenvalue weighted by Crippen LogP contribution is -2.33. The molecule has 0 saturated carbocycles. The van der Waals surface area contributed by atoms with Crippen LogP contribution in [-0.4, -0.2) is 42.2 Å². The van der Waals surface area contributed by atoms with Crippen LogP contribution in [0, 0.1) is 5.41 Å².